The summed E-state index contributed by atoms with van der Waals surface area (Å²) < 4.78 is 5.44. The molecule has 6 nitrogen and oxygen atoms in total. The summed E-state index contributed by atoms with van der Waals surface area (Å²) in [5.41, 5.74) is 2.03. The molecule has 2 N–H and O–H groups in total. The summed E-state index contributed by atoms with van der Waals surface area (Å²) >= 11 is 0. The van der Waals surface area contributed by atoms with Crippen molar-refractivity contribution in [1.29, 1.82) is 5.26 Å². The number of carbonyl (C=O) groups is 1. The molecule has 0 bridgehead atoms. The Balaban J connectivity index is 2.45. The van der Waals surface area contributed by atoms with Crippen LogP contribution in [0.1, 0.15) is 40.0 Å². The molecule has 0 saturated carbocycles. The molecule has 27 heavy (non-hydrogen) atoms. The fraction of sp³-hybridized carbons (Fsp3) is 0.524. The van der Waals surface area contributed by atoms with Gasteiger partial charge in [-0.25, -0.2) is 0 Å². The average Bonchev–Trinajstić information content (AvgIpc) is 2.69. The van der Waals surface area contributed by atoms with Crippen LogP contribution in [-0.4, -0.2) is 38.8 Å². The Morgan fingerprint density at radius 3 is 2.41 bits per heavy atom. The van der Waals surface area contributed by atoms with Crippen LogP contribution in [0.2, 0.25) is 0 Å². The minimum absolute atomic E-state index is 0.0507. The number of hydrogen-bond donors (Lipinski definition) is 2. The van der Waals surface area contributed by atoms with Gasteiger partial charge in [0.05, 0.1) is 0 Å². The van der Waals surface area contributed by atoms with E-state index in [9.17, 15) is 10.1 Å². The first-order valence-electron chi connectivity index (χ1n) is 9.73. The first-order valence-corrected chi connectivity index (χ1v) is 9.73. The Morgan fingerprint density at radius 1 is 1.15 bits per heavy atom. The lowest BCUT2D eigenvalue weighted by molar-refractivity contribution is -0.117. The number of nitriles is 1. The van der Waals surface area contributed by atoms with Crippen LogP contribution in [0.4, 0.5) is 11.4 Å². The molecule has 0 unspecified atom stereocenters. The van der Waals surface area contributed by atoms with Crippen molar-refractivity contribution in [3.63, 3.8) is 0 Å². The Morgan fingerprint density at radius 2 is 1.81 bits per heavy atom. The molecule has 0 aromatic heterocycles. The maximum atomic E-state index is 12.1. The van der Waals surface area contributed by atoms with Gasteiger partial charge in [0.25, 0.3) is 5.91 Å². The van der Waals surface area contributed by atoms with Gasteiger partial charge in [0, 0.05) is 50.4 Å². The van der Waals surface area contributed by atoms with Gasteiger partial charge in [-0.3, -0.25) is 4.79 Å². The maximum absolute atomic E-state index is 12.1. The van der Waals surface area contributed by atoms with Gasteiger partial charge in [0.2, 0.25) is 0 Å². The second-order valence-corrected chi connectivity index (χ2v) is 6.11. The second-order valence-electron chi connectivity index (χ2n) is 6.11. The standard InChI is InChI=1S/C21H32N4O2/c1-4-7-14-27-15-8-13-23-21(26)18(16-22)17-24-19-9-11-20(12-10-19)25(5-2)6-3/h9-12,17,24H,4-8,13-15H2,1-3H3,(H,23,26)/b18-17-. The van der Waals surface area contributed by atoms with Crippen LogP contribution >= 0.6 is 0 Å². The molecule has 1 aromatic rings. The zero-order chi connectivity index (χ0) is 19.9. The Kier molecular flexibility index (Phi) is 11.4. The minimum atomic E-state index is -0.377. The van der Waals surface area contributed by atoms with Crippen molar-refractivity contribution in [3.8, 4) is 6.07 Å². The number of amides is 1. The molecule has 0 saturated heterocycles. The predicted octanol–water partition coefficient (Wildman–Crippen LogP) is 3.68. The van der Waals surface area contributed by atoms with Gasteiger partial charge < -0.3 is 20.3 Å². The van der Waals surface area contributed by atoms with Crippen molar-refractivity contribution < 1.29 is 9.53 Å². The highest BCUT2D eigenvalue weighted by Crippen LogP contribution is 2.17. The van der Waals surface area contributed by atoms with Crippen molar-refractivity contribution in [1.82, 2.24) is 5.32 Å². The van der Waals surface area contributed by atoms with Gasteiger partial charge in [0.15, 0.2) is 0 Å². The van der Waals surface area contributed by atoms with E-state index in [2.05, 4.69) is 36.3 Å². The zero-order valence-electron chi connectivity index (χ0n) is 16.8. The molecule has 1 aromatic carbocycles. The van der Waals surface area contributed by atoms with Crippen LogP contribution in [0, 0.1) is 11.3 Å². The van der Waals surface area contributed by atoms with E-state index >= 15 is 0 Å². The Hall–Kier alpha value is -2.52. The SMILES string of the molecule is CCCCOCCCNC(=O)/C(C#N)=C\Nc1ccc(N(CC)CC)cc1. The molecule has 6 heteroatoms. The monoisotopic (exact) mass is 372 g/mol. The Bertz CT molecular complexity index is 616. The molecular formula is C21H32N4O2. The number of unbranched alkanes of at least 4 members (excludes halogenated alkanes) is 1. The second kappa shape index (κ2) is 13.7. The van der Waals surface area contributed by atoms with Crippen molar-refractivity contribution >= 4 is 17.3 Å². The lowest BCUT2D eigenvalue weighted by atomic mass is 10.2. The molecule has 1 rings (SSSR count). The van der Waals surface area contributed by atoms with E-state index in [1.807, 2.05) is 30.3 Å². The van der Waals surface area contributed by atoms with Gasteiger partial charge in [-0.2, -0.15) is 5.26 Å². The topological polar surface area (TPSA) is 77.4 Å². The first-order chi connectivity index (χ1) is 13.2. The largest absolute Gasteiger partial charge is 0.381 e. The molecule has 0 atom stereocenters. The van der Waals surface area contributed by atoms with E-state index in [0.29, 0.717) is 13.2 Å². The first kappa shape index (κ1) is 22.5. The number of ether oxygens (including phenoxy) is 1. The normalized spacial score (nSPS) is 11.0. The Labute approximate surface area is 163 Å². The summed E-state index contributed by atoms with van der Waals surface area (Å²) in [5, 5.41) is 15.0. The molecule has 0 aliphatic heterocycles. The fourth-order valence-corrected chi connectivity index (χ4v) is 2.48. The molecule has 1 amide bonds. The highest BCUT2D eigenvalue weighted by molar-refractivity contribution is 5.97. The number of nitrogens with zero attached hydrogens (tertiary/aromatic N) is 2. The van der Waals surface area contributed by atoms with Crippen LogP contribution in [0.5, 0.6) is 0 Å². The van der Waals surface area contributed by atoms with E-state index in [0.717, 1.165) is 50.3 Å². The van der Waals surface area contributed by atoms with Gasteiger partial charge in [-0.1, -0.05) is 13.3 Å². The maximum Gasteiger partial charge on any atom is 0.263 e. The van der Waals surface area contributed by atoms with Gasteiger partial charge in [-0.05, 0) is 51.0 Å². The van der Waals surface area contributed by atoms with Crippen LogP contribution in [-0.2, 0) is 9.53 Å². The summed E-state index contributed by atoms with van der Waals surface area (Å²) in [6.45, 7) is 10.1. The van der Waals surface area contributed by atoms with Crippen molar-refractivity contribution in [3.05, 3.63) is 36.0 Å². The minimum Gasteiger partial charge on any atom is -0.381 e. The summed E-state index contributed by atoms with van der Waals surface area (Å²) in [6, 6.07) is 9.85. The van der Waals surface area contributed by atoms with Gasteiger partial charge in [-0.15, -0.1) is 0 Å². The van der Waals surface area contributed by atoms with E-state index in [4.69, 9.17) is 4.74 Å². The fourth-order valence-electron chi connectivity index (χ4n) is 2.48. The number of hydrogen-bond acceptors (Lipinski definition) is 5. The van der Waals surface area contributed by atoms with Gasteiger partial charge in [0.1, 0.15) is 11.6 Å². The molecule has 0 fully saturated rings. The highest BCUT2D eigenvalue weighted by Gasteiger charge is 2.08. The molecule has 0 radical (unpaired) electrons. The zero-order valence-corrected chi connectivity index (χ0v) is 16.8. The average molecular weight is 373 g/mol. The van der Waals surface area contributed by atoms with Crippen molar-refractivity contribution in [2.75, 3.05) is 43.1 Å². The van der Waals surface area contributed by atoms with Crippen molar-refractivity contribution in [2.45, 2.75) is 40.0 Å². The summed E-state index contributed by atoms with van der Waals surface area (Å²) in [6.07, 6.45) is 4.33. The van der Waals surface area contributed by atoms with E-state index < -0.39 is 0 Å². The third-order valence-corrected chi connectivity index (χ3v) is 4.14. The number of anilines is 2. The van der Waals surface area contributed by atoms with Crippen LogP contribution in [0.25, 0.3) is 0 Å². The quantitative estimate of drug-likeness (QED) is 0.314. The summed E-state index contributed by atoms with van der Waals surface area (Å²) in [5.74, 6) is -0.377. The van der Waals surface area contributed by atoms with Crippen LogP contribution in [0.3, 0.4) is 0 Å². The third kappa shape index (κ3) is 8.61. The highest BCUT2D eigenvalue weighted by atomic mass is 16.5. The smallest absolute Gasteiger partial charge is 0.263 e. The third-order valence-electron chi connectivity index (χ3n) is 4.14. The molecule has 148 valence electrons. The number of benzene rings is 1. The summed E-state index contributed by atoms with van der Waals surface area (Å²) in [7, 11) is 0. The molecule has 0 aliphatic rings. The lowest BCUT2D eigenvalue weighted by Gasteiger charge is -2.21. The van der Waals surface area contributed by atoms with Gasteiger partial charge >= 0.3 is 0 Å². The predicted molar refractivity (Wildman–Crippen MR) is 111 cm³/mol. The van der Waals surface area contributed by atoms with E-state index in [1.165, 1.54) is 6.20 Å². The van der Waals surface area contributed by atoms with Crippen LogP contribution in [0.15, 0.2) is 36.0 Å². The molecular weight excluding hydrogens is 340 g/mol. The lowest BCUT2D eigenvalue weighted by Crippen LogP contribution is -2.26. The number of rotatable bonds is 13. The number of carbonyl (C=O) groups excluding carboxylic acids is 1. The number of nitrogens with one attached hydrogen (secondary N) is 2. The van der Waals surface area contributed by atoms with E-state index in [-0.39, 0.29) is 11.5 Å². The van der Waals surface area contributed by atoms with Crippen molar-refractivity contribution in [2.24, 2.45) is 0 Å². The molecule has 0 spiro atoms. The summed E-state index contributed by atoms with van der Waals surface area (Å²) in [4.78, 5) is 14.3. The van der Waals surface area contributed by atoms with E-state index in [1.54, 1.807) is 0 Å². The van der Waals surface area contributed by atoms with Crippen LogP contribution < -0.4 is 15.5 Å². The molecule has 0 heterocycles. The molecule has 0 aliphatic carbocycles.